The molecular weight excluding hydrogens is 537 g/mol. The number of carbonyl (C=O) groups is 2. The van der Waals surface area contributed by atoms with E-state index in [0.717, 1.165) is 36.4 Å². The summed E-state index contributed by atoms with van der Waals surface area (Å²) < 4.78 is 27.7. The average molecular weight is 567 g/mol. The number of hydrogen-bond donors (Lipinski definition) is 0. The van der Waals surface area contributed by atoms with Crippen LogP contribution in [0.1, 0.15) is 32.1 Å². The normalized spacial score (nSPS) is 21.6. The van der Waals surface area contributed by atoms with E-state index in [-0.39, 0.29) is 23.4 Å². The number of hydrogen-bond acceptors (Lipinski definition) is 6. The molecule has 1 atom stereocenters. The van der Waals surface area contributed by atoms with Gasteiger partial charge < -0.3 is 14.7 Å². The predicted octanol–water partition coefficient (Wildman–Crippen LogP) is 3.86. The average Bonchev–Trinajstić information content (AvgIpc) is 3.27. The highest BCUT2D eigenvalue weighted by Crippen LogP contribution is 2.33. The molecule has 3 aliphatic rings. The largest absolute Gasteiger partial charge is 0.352 e. The summed E-state index contributed by atoms with van der Waals surface area (Å²) in [5.74, 6) is 0.387. The van der Waals surface area contributed by atoms with Gasteiger partial charge in [0.05, 0.1) is 21.5 Å². The number of benzene rings is 1. The zero-order valence-electron chi connectivity index (χ0n) is 20.3. The molecule has 0 bridgehead atoms. The fraction of sp³-hybridized carbons (Fsp3) is 0.480. The second-order valence-corrected chi connectivity index (χ2v) is 12.3. The quantitative estimate of drug-likeness (QED) is 0.546. The van der Waals surface area contributed by atoms with Gasteiger partial charge in [-0.05, 0) is 31.0 Å². The molecule has 1 aromatic heterocycles. The number of anilines is 1. The monoisotopic (exact) mass is 565 g/mol. The van der Waals surface area contributed by atoms with Gasteiger partial charge in [-0.2, -0.15) is 0 Å². The zero-order chi connectivity index (χ0) is 26.2. The molecule has 1 saturated carbocycles. The van der Waals surface area contributed by atoms with Crippen molar-refractivity contribution in [2.45, 2.75) is 49.1 Å². The van der Waals surface area contributed by atoms with Gasteiger partial charge in [0, 0.05) is 38.4 Å². The number of nitrogens with zero attached hydrogens (tertiary/aromatic N) is 5. The van der Waals surface area contributed by atoms with E-state index in [0.29, 0.717) is 42.0 Å². The number of amides is 3. The van der Waals surface area contributed by atoms with Gasteiger partial charge in [-0.1, -0.05) is 60.7 Å². The Labute approximate surface area is 227 Å². The SMILES string of the molecule is O=C(C1CN(S(=O)(=O)c2ccccc2)C(=O)N1C1CCCCC1)N1CCN(c2ncc(Cl)cc2Cl)CC1. The van der Waals surface area contributed by atoms with Crippen LogP contribution in [0.25, 0.3) is 0 Å². The number of sulfonamides is 1. The zero-order valence-corrected chi connectivity index (χ0v) is 22.6. The van der Waals surface area contributed by atoms with E-state index in [4.69, 9.17) is 23.2 Å². The van der Waals surface area contributed by atoms with Crippen LogP contribution >= 0.6 is 23.2 Å². The first-order valence-corrected chi connectivity index (χ1v) is 14.7. The number of rotatable bonds is 5. The number of halogens is 2. The molecule has 3 heterocycles. The van der Waals surface area contributed by atoms with Crippen LogP contribution in [0.5, 0.6) is 0 Å². The summed E-state index contributed by atoms with van der Waals surface area (Å²) in [5.41, 5.74) is 0. The molecule has 2 aliphatic heterocycles. The van der Waals surface area contributed by atoms with Crippen molar-refractivity contribution in [1.29, 1.82) is 0 Å². The van der Waals surface area contributed by atoms with Crippen LogP contribution in [0, 0.1) is 0 Å². The van der Waals surface area contributed by atoms with Gasteiger partial charge in [0.25, 0.3) is 10.0 Å². The lowest BCUT2D eigenvalue weighted by Crippen LogP contribution is -2.56. The smallest absolute Gasteiger partial charge is 0.335 e. The first kappa shape index (κ1) is 26.1. The van der Waals surface area contributed by atoms with Crippen molar-refractivity contribution >= 4 is 51.0 Å². The number of urea groups is 1. The molecule has 1 unspecified atom stereocenters. The Bertz CT molecular complexity index is 1270. The number of piperazine rings is 1. The van der Waals surface area contributed by atoms with Crippen LogP contribution in [-0.2, 0) is 14.8 Å². The molecule has 2 saturated heterocycles. The highest BCUT2D eigenvalue weighted by atomic mass is 35.5. The standard InChI is InChI=1S/C25H29Cl2N5O4S/c26-18-15-21(27)23(28-16-18)29-11-13-30(14-12-29)24(33)22-17-31(37(35,36)20-9-5-2-6-10-20)25(34)32(22)19-7-3-1-4-8-19/h2,5-6,9-10,15-16,19,22H,1,3-4,7-8,11-14,17H2. The minimum Gasteiger partial charge on any atom is -0.352 e. The van der Waals surface area contributed by atoms with Gasteiger partial charge in [-0.3, -0.25) is 4.79 Å². The molecule has 37 heavy (non-hydrogen) atoms. The number of pyridine rings is 1. The molecular formula is C25H29Cl2N5O4S. The third kappa shape index (κ3) is 5.11. The summed E-state index contributed by atoms with van der Waals surface area (Å²) in [7, 11) is -4.08. The van der Waals surface area contributed by atoms with E-state index in [1.165, 1.54) is 18.3 Å². The second kappa shape index (κ2) is 10.7. The molecule has 9 nitrogen and oxygen atoms in total. The molecule has 0 radical (unpaired) electrons. The minimum atomic E-state index is -4.08. The van der Waals surface area contributed by atoms with Crippen LogP contribution < -0.4 is 4.90 Å². The van der Waals surface area contributed by atoms with E-state index in [9.17, 15) is 18.0 Å². The lowest BCUT2D eigenvalue weighted by Gasteiger charge is -2.39. The molecule has 12 heteroatoms. The Kier molecular flexibility index (Phi) is 7.51. The minimum absolute atomic E-state index is 0.0426. The summed E-state index contributed by atoms with van der Waals surface area (Å²) in [6.45, 7) is 1.66. The molecule has 5 rings (SSSR count). The topological polar surface area (TPSA) is 94.1 Å². The van der Waals surface area contributed by atoms with E-state index in [1.807, 2.05) is 4.90 Å². The fourth-order valence-corrected chi connectivity index (χ4v) is 7.35. The first-order valence-electron chi connectivity index (χ1n) is 12.5. The summed E-state index contributed by atoms with van der Waals surface area (Å²) >= 11 is 12.3. The van der Waals surface area contributed by atoms with Crippen molar-refractivity contribution < 1.29 is 18.0 Å². The number of aromatic nitrogens is 1. The molecule has 3 amide bonds. The summed E-state index contributed by atoms with van der Waals surface area (Å²) in [5, 5.41) is 0.894. The maximum absolute atomic E-state index is 13.8. The Balaban J connectivity index is 1.36. The Morgan fingerprint density at radius 1 is 0.973 bits per heavy atom. The molecule has 0 spiro atoms. The third-order valence-corrected chi connectivity index (χ3v) is 9.61. The van der Waals surface area contributed by atoms with Crippen molar-refractivity contribution in [3.8, 4) is 0 Å². The van der Waals surface area contributed by atoms with Crippen molar-refractivity contribution in [3.63, 3.8) is 0 Å². The van der Waals surface area contributed by atoms with Gasteiger partial charge in [-0.25, -0.2) is 22.5 Å². The van der Waals surface area contributed by atoms with Gasteiger partial charge >= 0.3 is 6.03 Å². The number of carbonyl (C=O) groups excluding carboxylic acids is 2. The van der Waals surface area contributed by atoms with E-state index in [2.05, 4.69) is 4.98 Å². The Morgan fingerprint density at radius 3 is 2.30 bits per heavy atom. The Morgan fingerprint density at radius 2 is 1.65 bits per heavy atom. The molecule has 1 aromatic carbocycles. The van der Waals surface area contributed by atoms with Crippen LogP contribution in [0.4, 0.5) is 10.6 Å². The molecule has 3 fully saturated rings. The van der Waals surface area contributed by atoms with E-state index >= 15 is 0 Å². The van der Waals surface area contributed by atoms with Crippen molar-refractivity contribution in [2.24, 2.45) is 0 Å². The van der Waals surface area contributed by atoms with E-state index < -0.39 is 22.1 Å². The predicted molar refractivity (Wildman–Crippen MR) is 141 cm³/mol. The fourth-order valence-electron chi connectivity index (χ4n) is 5.46. The highest BCUT2D eigenvalue weighted by Gasteiger charge is 2.50. The van der Waals surface area contributed by atoms with Crippen molar-refractivity contribution in [3.05, 3.63) is 52.6 Å². The van der Waals surface area contributed by atoms with Crippen molar-refractivity contribution in [2.75, 3.05) is 37.6 Å². The lowest BCUT2D eigenvalue weighted by molar-refractivity contribution is -0.136. The second-order valence-electron chi connectivity index (χ2n) is 9.62. The first-order chi connectivity index (χ1) is 17.8. The molecule has 1 aliphatic carbocycles. The van der Waals surface area contributed by atoms with Crippen LogP contribution in [0.15, 0.2) is 47.5 Å². The van der Waals surface area contributed by atoms with E-state index in [1.54, 1.807) is 34.1 Å². The third-order valence-electron chi connectivity index (χ3n) is 7.37. The summed E-state index contributed by atoms with van der Waals surface area (Å²) in [6, 6.07) is 7.93. The molecule has 0 N–H and O–H groups in total. The maximum atomic E-state index is 13.8. The molecule has 2 aromatic rings. The van der Waals surface area contributed by atoms with Crippen molar-refractivity contribution in [1.82, 2.24) is 19.1 Å². The van der Waals surface area contributed by atoms with Crippen LogP contribution in [0.2, 0.25) is 10.0 Å². The Hall–Kier alpha value is -2.56. The van der Waals surface area contributed by atoms with Gasteiger partial charge in [-0.15, -0.1) is 0 Å². The molecule has 198 valence electrons. The van der Waals surface area contributed by atoms with Gasteiger partial charge in [0.1, 0.15) is 11.9 Å². The van der Waals surface area contributed by atoms with Crippen LogP contribution in [0.3, 0.4) is 0 Å². The van der Waals surface area contributed by atoms with Gasteiger partial charge in [0.2, 0.25) is 5.91 Å². The van der Waals surface area contributed by atoms with Crippen LogP contribution in [-0.4, -0.2) is 84.3 Å². The van der Waals surface area contributed by atoms with Gasteiger partial charge in [0.15, 0.2) is 0 Å². The maximum Gasteiger partial charge on any atom is 0.335 e. The highest BCUT2D eigenvalue weighted by molar-refractivity contribution is 7.89. The summed E-state index contributed by atoms with van der Waals surface area (Å²) in [6.07, 6.45) is 6.05. The summed E-state index contributed by atoms with van der Waals surface area (Å²) in [4.78, 5) is 37.0. The lowest BCUT2D eigenvalue weighted by atomic mass is 9.93.